The van der Waals surface area contributed by atoms with Gasteiger partial charge in [-0.25, -0.2) is 4.79 Å². The highest BCUT2D eigenvalue weighted by Gasteiger charge is 2.29. The third-order valence-corrected chi connectivity index (χ3v) is 8.12. The van der Waals surface area contributed by atoms with Crippen LogP contribution in [0, 0.1) is 5.41 Å². The Balaban J connectivity index is 1.30. The summed E-state index contributed by atoms with van der Waals surface area (Å²) in [7, 11) is 1.39. The Morgan fingerprint density at radius 2 is 1.67 bits per heavy atom. The second-order valence-corrected chi connectivity index (χ2v) is 11.7. The molecule has 1 fully saturated rings. The van der Waals surface area contributed by atoms with Crippen molar-refractivity contribution >= 4 is 28.8 Å². The second-order valence-electron chi connectivity index (χ2n) is 11.3. The first kappa shape index (κ1) is 27.3. The summed E-state index contributed by atoms with van der Waals surface area (Å²) in [4.78, 5) is 17.3. The van der Waals surface area contributed by atoms with E-state index in [4.69, 9.17) is 21.1 Å². The SMILES string of the molecule is COC(=O)c1ccc(N2CCN(CC3=C(c4ccc(Cl)cc4)CC(C)(C)CC3)CC2)cc1Oc1ccccc1. The maximum absolute atomic E-state index is 12.4. The molecule has 204 valence electrons. The molecule has 3 aromatic rings. The van der Waals surface area contributed by atoms with E-state index < -0.39 is 5.97 Å². The minimum absolute atomic E-state index is 0.313. The number of nitrogens with zero attached hydrogens (tertiary/aromatic N) is 2. The van der Waals surface area contributed by atoms with Crippen molar-refractivity contribution in [1.29, 1.82) is 0 Å². The van der Waals surface area contributed by atoms with Gasteiger partial charge < -0.3 is 14.4 Å². The number of hydrogen-bond donors (Lipinski definition) is 0. The van der Waals surface area contributed by atoms with E-state index in [2.05, 4.69) is 35.8 Å². The number of hydrogen-bond acceptors (Lipinski definition) is 5. The first-order valence-electron chi connectivity index (χ1n) is 13.7. The van der Waals surface area contributed by atoms with E-state index in [1.807, 2.05) is 54.6 Å². The minimum Gasteiger partial charge on any atom is -0.465 e. The van der Waals surface area contributed by atoms with Crippen molar-refractivity contribution in [3.05, 3.63) is 94.5 Å². The number of piperazine rings is 1. The third-order valence-electron chi connectivity index (χ3n) is 7.87. The molecule has 0 spiro atoms. The van der Waals surface area contributed by atoms with E-state index in [1.165, 1.54) is 24.7 Å². The number of carbonyl (C=O) groups excluding carboxylic acids is 1. The predicted octanol–water partition coefficient (Wildman–Crippen LogP) is 7.70. The predicted molar refractivity (Wildman–Crippen MR) is 159 cm³/mol. The van der Waals surface area contributed by atoms with Gasteiger partial charge in [0.1, 0.15) is 17.1 Å². The molecule has 5 rings (SSSR count). The summed E-state index contributed by atoms with van der Waals surface area (Å²) in [5.41, 5.74) is 6.14. The van der Waals surface area contributed by atoms with Crippen LogP contribution in [0.25, 0.3) is 5.57 Å². The number of carbonyl (C=O) groups is 1. The molecule has 1 aliphatic carbocycles. The van der Waals surface area contributed by atoms with Crippen molar-refractivity contribution in [2.24, 2.45) is 5.41 Å². The summed E-state index contributed by atoms with van der Waals surface area (Å²) >= 11 is 6.18. The number of esters is 1. The Morgan fingerprint density at radius 3 is 2.36 bits per heavy atom. The van der Waals surface area contributed by atoms with Crippen LogP contribution in [0.4, 0.5) is 5.69 Å². The van der Waals surface area contributed by atoms with Gasteiger partial charge in [0.15, 0.2) is 0 Å². The largest absolute Gasteiger partial charge is 0.465 e. The monoisotopic (exact) mass is 544 g/mol. The van der Waals surface area contributed by atoms with E-state index >= 15 is 0 Å². The molecule has 0 unspecified atom stereocenters. The summed E-state index contributed by atoms with van der Waals surface area (Å²) in [5.74, 6) is 0.790. The van der Waals surface area contributed by atoms with Gasteiger partial charge in [0.2, 0.25) is 0 Å². The van der Waals surface area contributed by atoms with Gasteiger partial charge in [0, 0.05) is 49.5 Å². The molecule has 2 aliphatic rings. The molecule has 0 amide bonds. The molecule has 1 saturated heterocycles. The van der Waals surface area contributed by atoms with Crippen molar-refractivity contribution in [3.8, 4) is 11.5 Å². The van der Waals surface area contributed by atoms with Crippen LogP contribution in [0.2, 0.25) is 5.02 Å². The van der Waals surface area contributed by atoms with Gasteiger partial charge in [-0.05, 0) is 72.2 Å². The van der Waals surface area contributed by atoms with E-state index in [9.17, 15) is 4.79 Å². The average molecular weight is 545 g/mol. The van der Waals surface area contributed by atoms with Gasteiger partial charge in [-0.3, -0.25) is 4.90 Å². The molecule has 5 nitrogen and oxygen atoms in total. The van der Waals surface area contributed by atoms with Crippen LogP contribution in [-0.2, 0) is 4.74 Å². The Morgan fingerprint density at radius 1 is 0.949 bits per heavy atom. The molecule has 3 aromatic carbocycles. The van der Waals surface area contributed by atoms with Crippen LogP contribution in [0.5, 0.6) is 11.5 Å². The number of allylic oxidation sites excluding steroid dienone is 1. The van der Waals surface area contributed by atoms with Gasteiger partial charge in [0.05, 0.1) is 7.11 Å². The fourth-order valence-electron chi connectivity index (χ4n) is 5.58. The van der Waals surface area contributed by atoms with E-state index in [1.54, 1.807) is 11.6 Å². The van der Waals surface area contributed by atoms with Crippen LogP contribution in [0.1, 0.15) is 49.0 Å². The Kier molecular flexibility index (Phi) is 8.29. The molecule has 0 N–H and O–H groups in total. The number of para-hydroxylation sites is 1. The summed E-state index contributed by atoms with van der Waals surface area (Å²) < 4.78 is 11.1. The molecule has 6 heteroatoms. The van der Waals surface area contributed by atoms with Gasteiger partial charge in [-0.15, -0.1) is 0 Å². The second kappa shape index (κ2) is 11.8. The summed E-state index contributed by atoms with van der Waals surface area (Å²) in [5, 5.41) is 0.782. The van der Waals surface area contributed by atoms with Crippen LogP contribution in [-0.4, -0.2) is 50.7 Å². The molecule has 0 atom stereocenters. The van der Waals surface area contributed by atoms with E-state index in [-0.39, 0.29) is 0 Å². The summed E-state index contributed by atoms with van der Waals surface area (Å²) in [6, 6.07) is 23.6. The molecule has 1 heterocycles. The Bertz CT molecular complexity index is 1330. The zero-order chi connectivity index (χ0) is 27.4. The standard InChI is InChI=1S/C33H37ClN2O3/c1-33(2)16-15-25(30(22-33)24-9-11-26(34)12-10-24)23-35-17-19-36(20-18-35)27-13-14-29(32(37)38-3)31(21-27)39-28-7-5-4-6-8-28/h4-14,21H,15-20,22-23H2,1-3H3. The molecule has 0 aromatic heterocycles. The lowest BCUT2D eigenvalue weighted by molar-refractivity contribution is 0.0598. The fourth-order valence-corrected chi connectivity index (χ4v) is 5.71. The lowest BCUT2D eigenvalue weighted by atomic mass is 9.72. The number of methoxy groups -OCH3 is 1. The molecule has 39 heavy (non-hydrogen) atoms. The number of ether oxygens (including phenoxy) is 2. The fraction of sp³-hybridized carbons (Fsp3) is 0.364. The number of halogens is 1. The van der Waals surface area contributed by atoms with Crippen molar-refractivity contribution in [1.82, 2.24) is 4.90 Å². The number of benzene rings is 3. The first-order chi connectivity index (χ1) is 18.8. The average Bonchev–Trinajstić information content (AvgIpc) is 2.95. The van der Waals surface area contributed by atoms with Crippen LogP contribution in [0.3, 0.4) is 0 Å². The zero-order valence-electron chi connectivity index (χ0n) is 23.1. The van der Waals surface area contributed by atoms with Crippen molar-refractivity contribution in [2.75, 3.05) is 44.7 Å². The Labute approximate surface area is 237 Å². The molecule has 0 bridgehead atoms. The van der Waals surface area contributed by atoms with Crippen molar-refractivity contribution in [3.63, 3.8) is 0 Å². The van der Waals surface area contributed by atoms with Crippen molar-refractivity contribution < 1.29 is 14.3 Å². The Hall–Kier alpha value is -3.28. The highest BCUT2D eigenvalue weighted by atomic mass is 35.5. The topological polar surface area (TPSA) is 42.0 Å². The molecule has 0 radical (unpaired) electrons. The van der Waals surface area contributed by atoms with Gasteiger partial charge in [0.25, 0.3) is 0 Å². The van der Waals surface area contributed by atoms with Crippen LogP contribution >= 0.6 is 11.6 Å². The lowest BCUT2D eigenvalue weighted by Gasteiger charge is -2.39. The smallest absolute Gasteiger partial charge is 0.341 e. The van der Waals surface area contributed by atoms with Crippen LogP contribution < -0.4 is 9.64 Å². The van der Waals surface area contributed by atoms with Crippen LogP contribution in [0.15, 0.2) is 78.4 Å². The minimum atomic E-state index is -0.405. The maximum Gasteiger partial charge on any atom is 0.341 e. The van der Waals surface area contributed by atoms with Gasteiger partial charge >= 0.3 is 5.97 Å². The van der Waals surface area contributed by atoms with E-state index in [0.717, 1.165) is 56.3 Å². The molecular formula is C33H37ClN2O3. The highest BCUT2D eigenvalue weighted by molar-refractivity contribution is 6.30. The highest BCUT2D eigenvalue weighted by Crippen LogP contribution is 2.43. The lowest BCUT2D eigenvalue weighted by Crippen LogP contribution is -2.47. The number of rotatable bonds is 7. The molecule has 0 saturated carbocycles. The summed E-state index contributed by atoms with van der Waals surface area (Å²) in [6.45, 7) is 9.54. The molecular weight excluding hydrogens is 508 g/mol. The number of anilines is 1. The van der Waals surface area contributed by atoms with E-state index in [0.29, 0.717) is 22.5 Å². The summed E-state index contributed by atoms with van der Waals surface area (Å²) in [6.07, 6.45) is 3.46. The third kappa shape index (κ3) is 6.66. The zero-order valence-corrected chi connectivity index (χ0v) is 23.8. The van der Waals surface area contributed by atoms with Crippen molar-refractivity contribution in [2.45, 2.75) is 33.1 Å². The molecule has 1 aliphatic heterocycles. The maximum atomic E-state index is 12.4. The van der Waals surface area contributed by atoms with Gasteiger partial charge in [-0.1, -0.05) is 61.4 Å². The normalized spacial score (nSPS) is 17.7. The quantitative estimate of drug-likeness (QED) is 0.285. The first-order valence-corrected chi connectivity index (χ1v) is 14.1. The van der Waals surface area contributed by atoms with Gasteiger partial charge in [-0.2, -0.15) is 0 Å².